The van der Waals surface area contributed by atoms with E-state index < -0.39 is 0 Å². The molecule has 0 saturated carbocycles. The van der Waals surface area contributed by atoms with E-state index in [2.05, 4.69) is 24.0 Å². The lowest BCUT2D eigenvalue weighted by atomic mass is 9.95. The van der Waals surface area contributed by atoms with Crippen LogP contribution >= 0.6 is 0 Å². The summed E-state index contributed by atoms with van der Waals surface area (Å²) in [6.07, 6.45) is 2.39. The molecule has 0 radical (unpaired) electrons. The van der Waals surface area contributed by atoms with Crippen LogP contribution in [-0.2, 0) is 17.8 Å². The molecule has 0 bridgehead atoms. The van der Waals surface area contributed by atoms with Crippen molar-refractivity contribution < 1.29 is 9.90 Å². The molecule has 2 rings (SSSR count). The summed E-state index contributed by atoms with van der Waals surface area (Å²) in [5.41, 5.74) is 2.48. The molecule has 4 heteroatoms. The fourth-order valence-corrected chi connectivity index (χ4v) is 2.42. The number of fused-ring (bicyclic) bond motifs is 1. The van der Waals surface area contributed by atoms with Crippen molar-refractivity contribution in [2.24, 2.45) is 0 Å². The van der Waals surface area contributed by atoms with Gasteiger partial charge in [0.2, 0.25) is 5.91 Å². The summed E-state index contributed by atoms with van der Waals surface area (Å²) in [6, 6.07) is 7.96. The van der Waals surface area contributed by atoms with Gasteiger partial charge in [-0.05, 0) is 17.5 Å². The third-order valence-corrected chi connectivity index (χ3v) is 3.41. The zero-order chi connectivity index (χ0) is 13.7. The largest absolute Gasteiger partial charge is 0.395 e. The molecule has 1 heterocycles. The average molecular weight is 260 g/mol. The lowest BCUT2D eigenvalue weighted by Crippen LogP contribution is -2.50. The van der Waals surface area contributed by atoms with Crippen LogP contribution in [0.25, 0.3) is 0 Å². The molecule has 1 aromatic rings. The number of benzene rings is 1. The first-order valence-electron chi connectivity index (χ1n) is 6.57. The zero-order valence-corrected chi connectivity index (χ0v) is 11.0. The summed E-state index contributed by atoms with van der Waals surface area (Å²) in [5.74, 6) is 0.0310. The van der Waals surface area contributed by atoms with Crippen molar-refractivity contribution in [2.75, 3.05) is 19.7 Å². The van der Waals surface area contributed by atoms with Crippen LogP contribution < -0.4 is 5.32 Å². The summed E-state index contributed by atoms with van der Waals surface area (Å²) in [6.45, 7) is 5.16. The van der Waals surface area contributed by atoms with Gasteiger partial charge in [0.15, 0.2) is 0 Å². The van der Waals surface area contributed by atoms with Gasteiger partial charge in [0, 0.05) is 19.6 Å². The van der Waals surface area contributed by atoms with Crippen LogP contribution in [0.5, 0.6) is 0 Å². The van der Waals surface area contributed by atoms with Crippen molar-refractivity contribution in [2.45, 2.75) is 19.0 Å². The standard InChI is InChI=1S/C15H20N2O2/c1-2-7-17(8-9-18)15(19)14-10-12-5-3-4-6-13(12)11-16-14/h2-6,14,16,18H,1,7-11H2/t14-/m1/s1. The Morgan fingerprint density at radius 2 is 2.21 bits per heavy atom. The van der Waals surface area contributed by atoms with Gasteiger partial charge in [0.25, 0.3) is 0 Å². The monoisotopic (exact) mass is 260 g/mol. The minimum atomic E-state index is -0.207. The summed E-state index contributed by atoms with van der Waals surface area (Å²) in [7, 11) is 0. The van der Waals surface area contributed by atoms with E-state index in [1.807, 2.05) is 12.1 Å². The molecule has 0 aromatic heterocycles. The van der Waals surface area contributed by atoms with Gasteiger partial charge in [-0.1, -0.05) is 30.3 Å². The molecule has 2 N–H and O–H groups in total. The second kappa shape index (κ2) is 6.50. The molecule has 1 aromatic carbocycles. The highest BCUT2D eigenvalue weighted by atomic mass is 16.3. The number of aliphatic hydroxyl groups is 1. The van der Waals surface area contributed by atoms with Crippen molar-refractivity contribution in [3.05, 3.63) is 48.0 Å². The quantitative estimate of drug-likeness (QED) is 0.767. The Morgan fingerprint density at radius 1 is 1.47 bits per heavy atom. The van der Waals surface area contributed by atoms with Crippen LogP contribution in [-0.4, -0.2) is 41.7 Å². The van der Waals surface area contributed by atoms with Crippen LogP contribution in [0.15, 0.2) is 36.9 Å². The molecule has 0 aliphatic carbocycles. The van der Waals surface area contributed by atoms with E-state index in [1.54, 1.807) is 11.0 Å². The van der Waals surface area contributed by atoms with Gasteiger partial charge in [0.1, 0.15) is 0 Å². The van der Waals surface area contributed by atoms with Gasteiger partial charge in [-0.15, -0.1) is 6.58 Å². The summed E-state index contributed by atoms with van der Waals surface area (Å²) in [5, 5.41) is 12.3. The maximum absolute atomic E-state index is 12.4. The number of nitrogens with one attached hydrogen (secondary N) is 1. The van der Waals surface area contributed by atoms with Crippen molar-refractivity contribution in [1.29, 1.82) is 0 Å². The molecular weight excluding hydrogens is 240 g/mol. The highest BCUT2D eigenvalue weighted by molar-refractivity contribution is 5.82. The molecule has 0 unspecified atom stereocenters. The molecular formula is C15H20N2O2. The molecule has 1 atom stereocenters. The van der Waals surface area contributed by atoms with E-state index in [4.69, 9.17) is 5.11 Å². The van der Waals surface area contributed by atoms with E-state index in [1.165, 1.54) is 11.1 Å². The van der Waals surface area contributed by atoms with Crippen LogP contribution in [0.1, 0.15) is 11.1 Å². The van der Waals surface area contributed by atoms with Gasteiger partial charge in [0.05, 0.1) is 12.6 Å². The van der Waals surface area contributed by atoms with E-state index in [-0.39, 0.29) is 18.6 Å². The minimum absolute atomic E-state index is 0.0249. The third kappa shape index (κ3) is 3.22. The Balaban J connectivity index is 2.06. The Labute approximate surface area is 113 Å². The Hall–Kier alpha value is -1.65. The molecule has 102 valence electrons. The zero-order valence-electron chi connectivity index (χ0n) is 11.0. The first-order chi connectivity index (χ1) is 9.26. The summed E-state index contributed by atoms with van der Waals surface area (Å²) in [4.78, 5) is 14.0. The van der Waals surface area contributed by atoms with Crippen LogP contribution in [0.2, 0.25) is 0 Å². The van der Waals surface area contributed by atoms with E-state index in [0.717, 1.165) is 0 Å². The van der Waals surface area contributed by atoms with Crippen LogP contribution in [0.3, 0.4) is 0 Å². The predicted octanol–water partition coefficient (Wildman–Crippen LogP) is 0.708. The molecule has 1 amide bonds. The van der Waals surface area contributed by atoms with Gasteiger partial charge in [-0.3, -0.25) is 4.79 Å². The third-order valence-electron chi connectivity index (χ3n) is 3.41. The number of carbonyl (C=O) groups is 1. The molecule has 19 heavy (non-hydrogen) atoms. The smallest absolute Gasteiger partial charge is 0.240 e. The predicted molar refractivity (Wildman–Crippen MR) is 74.6 cm³/mol. The highest BCUT2D eigenvalue weighted by Gasteiger charge is 2.27. The summed E-state index contributed by atoms with van der Waals surface area (Å²) < 4.78 is 0. The van der Waals surface area contributed by atoms with Crippen molar-refractivity contribution in [1.82, 2.24) is 10.2 Å². The minimum Gasteiger partial charge on any atom is -0.395 e. The Morgan fingerprint density at radius 3 is 2.89 bits per heavy atom. The second-order valence-electron chi connectivity index (χ2n) is 4.70. The molecule has 0 spiro atoms. The molecule has 4 nitrogen and oxygen atoms in total. The van der Waals surface area contributed by atoms with Crippen LogP contribution in [0, 0.1) is 0 Å². The SMILES string of the molecule is C=CCN(CCO)C(=O)[C@H]1Cc2ccccc2CN1. The summed E-state index contributed by atoms with van der Waals surface area (Å²) >= 11 is 0. The maximum Gasteiger partial charge on any atom is 0.240 e. The first-order valence-corrected chi connectivity index (χ1v) is 6.57. The number of rotatable bonds is 5. The van der Waals surface area contributed by atoms with Gasteiger partial charge >= 0.3 is 0 Å². The second-order valence-corrected chi connectivity index (χ2v) is 4.70. The lowest BCUT2D eigenvalue weighted by Gasteiger charge is -2.30. The highest BCUT2D eigenvalue weighted by Crippen LogP contribution is 2.17. The number of amides is 1. The van der Waals surface area contributed by atoms with Crippen molar-refractivity contribution in [3.8, 4) is 0 Å². The number of aliphatic hydroxyl groups excluding tert-OH is 1. The maximum atomic E-state index is 12.4. The van der Waals surface area contributed by atoms with Crippen LogP contribution in [0.4, 0.5) is 0 Å². The van der Waals surface area contributed by atoms with Crippen molar-refractivity contribution in [3.63, 3.8) is 0 Å². The number of nitrogens with zero attached hydrogens (tertiary/aromatic N) is 1. The molecule has 1 aliphatic heterocycles. The average Bonchev–Trinajstić information content (AvgIpc) is 2.46. The lowest BCUT2D eigenvalue weighted by molar-refractivity contribution is -0.133. The van der Waals surface area contributed by atoms with Gasteiger partial charge in [-0.2, -0.15) is 0 Å². The van der Waals surface area contributed by atoms with E-state index in [9.17, 15) is 4.79 Å². The Kier molecular flexibility index (Phi) is 4.71. The number of hydrogen-bond acceptors (Lipinski definition) is 3. The van der Waals surface area contributed by atoms with Crippen molar-refractivity contribution >= 4 is 5.91 Å². The van der Waals surface area contributed by atoms with E-state index in [0.29, 0.717) is 26.1 Å². The van der Waals surface area contributed by atoms with E-state index >= 15 is 0 Å². The fraction of sp³-hybridized carbons (Fsp3) is 0.400. The molecule has 0 fully saturated rings. The normalized spacial score (nSPS) is 17.6. The number of carbonyl (C=O) groups excluding carboxylic acids is 1. The number of hydrogen-bond donors (Lipinski definition) is 2. The molecule has 1 aliphatic rings. The Bertz CT molecular complexity index is 459. The molecule has 0 saturated heterocycles. The topological polar surface area (TPSA) is 52.6 Å². The fourth-order valence-electron chi connectivity index (χ4n) is 2.42. The first kappa shape index (κ1) is 13.8. The van der Waals surface area contributed by atoms with Gasteiger partial charge in [-0.25, -0.2) is 0 Å². The van der Waals surface area contributed by atoms with Gasteiger partial charge < -0.3 is 15.3 Å².